The van der Waals surface area contributed by atoms with Crippen molar-refractivity contribution in [3.63, 3.8) is 0 Å². The van der Waals surface area contributed by atoms with E-state index in [1.807, 2.05) is 30.3 Å². The molecule has 4 heterocycles. The summed E-state index contributed by atoms with van der Waals surface area (Å²) in [6.07, 6.45) is 1.83. The molecule has 0 saturated carbocycles. The molecule has 0 bridgehead atoms. The van der Waals surface area contributed by atoms with Crippen molar-refractivity contribution in [3.8, 4) is 11.5 Å². The van der Waals surface area contributed by atoms with E-state index < -0.39 is 29.9 Å². The predicted molar refractivity (Wildman–Crippen MR) is 162 cm³/mol. The van der Waals surface area contributed by atoms with Crippen LogP contribution in [0.3, 0.4) is 0 Å². The summed E-state index contributed by atoms with van der Waals surface area (Å²) in [6.45, 7) is -0.914. The van der Waals surface area contributed by atoms with Gasteiger partial charge in [0.25, 0.3) is 11.5 Å². The molecule has 1 saturated heterocycles. The molecule has 3 aromatic rings. The summed E-state index contributed by atoms with van der Waals surface area (Å²) in [5, 5.41) is 20.3. The Hall–Kier alpha value is -4.51. The number of amides is 1. The molecule has 0 radical (unpaired) electrons. The van der Waals surface area contributed by atoms with Gasteiger partial charge in [-0.3, -0.25) is 29.0 Å². The second kappa shape index (κ2) is 11.9. The lowest BCUT2D eigenvalue weighted by Crippen LogP contribution is -2.36. The van der Waals surface area contributed by atoms with Gasteiger partial charge in [0.05, 0.1) is 17.8 Å². The zero-order chi connectivity index (χ0) is 31.1. The Morgan fingerprint density at radius 3 is 2.48 bits per heavy atom. The van der Waals surface area contributed by atoms with Crippen molar-refractivity contribution in [2.75, 3.05) is 25.3 Å². The Kier molecular flexibility index (Phi) is 7.98. The molecule has 1 fully saturated rings. The molecular formula is C28H21N3O10S3. The normalized spacial score (nSPS) is 18.3. The molecule has 0 unspecified atom stereocenters. The van der Waals surface area contributed by atoms with Crippen molar-refractivity contribution in [3.05, 3.63) is 80.4 Å². The number of carbonyl (C=O) groups is 3. The molecule has 2 aromatic carbocycles. The number of hydroxylamine groups is 2. The summed E-state index contributed by atoms with van der Waals surface area (Å²) in [5.41, 5.74) is 0.377. The number of carbonyl (C=O) groups excluding carboxylic acids is 2. The number of carboxylic acid groups (broad SMARTS) is 1. The van der Waals surface area contributed by atoms with Gasteiger partial charge in [0.15, 0.2) is 21.2 Å². The minimum atomic E-state index is -1.35. The number of methoxy groups -OCH3 is 1. The Balaban J connectivity index is 1.59. The number of esters is 1. The molecule has 0 spiro atoms. The predicted octanol–water partition coefficient (Wildman–Crippen LogP) is 1.63. The number of rotatable bonds is 7. The summed E-state index contributed by atoms with van der Waals surface area (Å²) in [4.78, 5) is 53.0. The van der Waals surface area contributed by atoms with E-state index in [0.29, 0.717) is 39.6 Å². The fourth-order valence-electron chi connectivity index (χ4n) is 4.67. The van der Waals surface area contributed by atoms with E-state index in [1.54, 1.807) is 23.1 Å². The van der Waals surface area contributed by atoms with Gasteiger partial charge in [0.1, 0.15) is 18.0 Å². The highest BCUT2D eigenvalue weighted by Crippen LogP contribution is 2.51. The van der Waals surface area contributed by atoms with Gasteiger partial charge in [-0.2, -0.15) is 5.06 Å². The van der Waals surface area contributed by atoms with E-state index in [4.69, 9.17) is 30.8 Å². The molecule has 3 aliphatic heterocycles. The van der Waals surface area contributed by atoms with Crippen LogP contribution in [0.4, 0.5) is 5.69 Å². The van der Waals surface area contributed by atoms with Gasteiger partial charge in [-0.15, -0.1) is 0 Å². The van der Waals surface area contributed by atoms with Crippen LogP contribution in [0.15, 0.2) is 67.7 Å². The first-order valence-electron chi connectivity index (χ1n) is 12.8. The third kappa shape index (κ3) is 5.47. The molecule has 226 valence electrons. The number of benzene rings is 2. The van der Waals surface area contributed by atoms with Gasteiger partial charge in [-0.05, 0) is 35.6 Å². The summed E-state index contributed by atoms with van der Waals surface area (Å²) >= 11 is 6.98. The van der Waals surface area contributed by atoms with Crippen molar-refractivity contribution in [1.82, 2.24) is 9.63 Å². The molecule has 44 heavy (non-hydrogen) atoms. The van der Waals surface area contributed by atoms with Gasteiger partial charge in [-0.1, -0.05) is 42.1 Å². The Labute approximate surface area is 261 Å². The SMILES string of the molecule is COC(=O)CN1C(=CC(Cc2ccccc2)=c2oc(=C3SC(=S)N(O)C3=O)n(CC(=O)O)c2=O)Sc2cc3c(cc21)OCO3. The van der Waals surface area contributed by atoms with Crippen LogP contribution in [0.5, 0.6) is 11.5 Å². The number of ether oxygens (including phenoxy) is 3. The second-order valence-electron chi connectivity index (χ2n) is 9.44. The van der Waals surface area contributed by atoms with Crippen molar-refractivity contribution in [2.45, 2.75) is 17.9 Å². The maximum atomic E-state index is 13.8. The number of carboxylic acids is 1. The molecule has 16 heteroatoms. The first-order chi connectivity index (χ1) is 21.1. The largest absolute Gasteiger partial charge is 0.480 e. The number of aromatic nitrogens is 1. The lowest BCUT2D eigenvalue weighted by molar-refractivity contribution is -0.141. The lowest BCUT2D eigenvalue weighted by atomic mass is 10.1. The summed E-state index contributed by atoms with van der Waals surface area (Å²) in [7, 11) is 1.27. The highest BCUT2D eigenvalue weighted by atomic mass is 32.2. The van der Waals surface area contributed by atoms with Gasteiger partial charge < -0.3 is 28.6 Å². The number of aliphatic carboxylic acids is 1. The van der Waals surface area contributed by atoms with Crippen LogP contribution >= 0.6 is 35.7 Å². The Morgan fingerprint density at radius 2 is 1.82 bits per heavy atom. The van der Waals surface area contributed by atoms with E-state index in [0.717, 1.165) is 15.0 Å². The number of allylic oxidation sites excluding steroid dienone is 1. The van der Waals surface area contributed by atoms with Gasteiger partial charge >= 0.3 is 11.9 Å². The smallest absolute Gasteiger partial charge is 0.325 e. The van der Waals surface area contributed by atoms with Crippen molar-refractivity contribution in [1.29, 1.82) is 0 Å². The number of hydrogen-bond donors (Lipinski definition) is 2. The van der Waals surface area contributed by atoms with Crippen molar-refractivity contribution >= 4 is 74.1 Å². The summed E-state index contributed by atoms with van der Waals surface area (Å²) < 4.78 is 22.6. The number of fused-ring (bicyclic) bond motifs is 2. The van der Waals surface area contributed by atoms with Crippen LogP contribution in [0.1, 0.15) is 5.56 Å². The molecule has 0 aliphatic carbocycles. The molecule has 3 aliphatic rings. The van der Waals surface area contributed by atoms with Crippen LogP contribution in [0, 0.1) is 0 Å². The fraction of sp³-hybridized carbons (Fsp3) is 0.179. The standard InChI is InChI=1S/C28H21N3O10S3/c1-38-22(34)12-29-16-9-17-18(40-13-39-17)10-19(16)43-20(29)8-15(7-14-5-3-2-4-6-14)23-25(35)30(11-21(32)33)27(41-23)24-26(36)31(37)28(42)44-24/h2-6,8-10,37H,7,11-13H2,1H3,(H,32,33). The summed E-state index contributed by atoms with van der Waals surface area (Å²) in [5.74, 6) is -1.78. The van der Waals surface area contributed by atoms with Crippen LogP contribution in [0.25, 0.3) is 10.5 Å². The highest BCUT2D eigenvalue weighted by Gasteiger charge is 2.35. The third-order valence-corrected chi connectivity index (χ3v) is 9.11. The topological polar surface area (TPSA) is 161 Å². The molecule has 1 amide bonds. The molecule has 1 aromatic heterocycles. The summed E-state index contributed by atoms with van der Waals surface area (Å²) in [6, 6.07) is 12.7. The van der Waals surface area contributed by atoms with Crippen molar-refractivity contribution < 1.29 is 43.3 Å². The van der Waals surface area contributed by atoms with E-state index in [1.165, 1.54) is 18.9 Å². The molecular weight excluding hydrogens is 635 g/mol. The number of thioether (sulfide) groups is 2. The molecule has 2 N–H and O–H groups in total. The van der Waals surface area contributed by atoms with Crippen LogP contribution in [-0.2, 0) is 32.1 Å². The fourth-order valence-corrected chi connectivity index (χ4v) is 6.90. The van der Waals surface area contributed by atoms with Crippen LogP contribution in [0.2, 0.25) is 0 Å². The quantitative estimate of drug-likeness (QED) is 0.215. The number of nitrogens with zero attached hydrogens (tertiary/aromatic N) is 3. The molecule has 13 nitrogen and oxygen atoms in total. The van der Waals surface area contributed by atoms with Crippen LogP contribution in [-0.4, -0.2) is 62.6 Å². The zero-order valence-corrected chi connectivity index (χ0v) is 25.1. The van der Waals surface area contributed by atoms with Gasteiger partial charge in [-0.25, -0.2) is 0 Å². The Morgan fingerprint density at radius 1 is 1.09 bits per heavy atom. The van der Waals surface area contributed by atoms with Crippen LogP contribution < -0.4 is 30.9 Å². The maximum absolute atomic E-state index is 13.8. The number of anilines is 1. The van der Waals surface area contributed by atoms with E-state index >= 15 is 0 Å². The zero-order valence-electron chi connectivity index (χ0n) is 22.7. The maximum Gasteiger partial charge on any atom is 0.325 e. The van der Waals surface area contributed by atoms with E-state index in [-0.39, 0.29) is 45.0 Å². The van der Waals surface area contributed by atoms with Gasteiger partial charge in [0.2, 0.25) is 12.3 Å². The minimum absolute atomic E-state index is 0.0690. The number of thiocarbonyl (C=S) groups is 1. The lowest BCUT2D eigenvalue weighted by Gasteiger charge is -2.19. The van der Waals surface area contributed by atoms with Gasteiger partial charge in [0, 0.05) is 29.0 Å². The van der Waals surface area contributed by atoms with Crippen molar-refractivity contribution in [2.24, 2.45) is 0 Å². The molecule has 6 rings (SSSR count). The monoisotopic (exact) mass is 655 g/mol. The number of hydrogen-bond acceptors (Lipinski definition) is 13. The average molecular weight is 656 g/mol. The van der Waals surface area contributed by atoms with E-state index in [9.17, 15) is 29.5 Å². The average Bonchev–Trinajstić information content (AvgIpc) is 3.74. The third-order valence-electron chi connectivity index (χ3n) is 6.69. The Bertz CT molecular complexity index is 1950. The highest BCUT2D eigenvalue weighted by molar-refractivity contribution is 8.30. The molecule has 0 atom stereocenters. The second-order valence-corrected chi connectivity index (χ2v) is 12.1. The minimum Gasteiger partial charge on any atom is -0.480 e. The first-order valence-corrected chi connectivity index (χ1v) is 14.8. The number of oxazole rings is 1. The van der Waals surface area contributed by atoms with E-state index in [2.05, 4.69) is 0 Å². The first kappa shape index (κ1) is 29.6.